The van der Waals surface area contributed by atoms with Crippen molar-refractivity contribution in [2.45, 2.75) is 32.2 Å². The van der Waals surface area contributed by atoms with E-state index in [1.165, 1.54) is 11.1 Å². The van der Waals surface area contributed by atoms with Gasteiger partial charge in [-0.15, -0.1) is 0 Å². The van der Waals surface area contributed by atoms with E-state index in [0.29, 0.717) is 12.0 Å². The minimum absolute atomic E-state index is 0.425. The van der Waals surface area contributed by atoms with E-state index in [4.69, 9.17) is 0 Å². The first kappa shape index (κ1) is 15.3. The summed E-state index contributed by atoms with van der Waals surface area (Å²) in [6, 6.07) is 19.7. The summed E-state index contributed by atoms with van der Waals surface area (Å²) in [6.07, 6.45) is 1.10. The van der Waals surface area contributed by atoms with Crippen molar-refractivity contribution < 1.29 is 0 Å². The quantitative estimate of drug-likeness (QED) is 0.757. The first-order valence-corrected chi connectivity index (χ1v) is 8.03. The van der Waals surface area contributed by atoms with Gasteiger partial charge in [0.1, 0.15) is 0 Å². The maximum absolute atomic E-state index is 3.69. The minimum Gasteiger partial charge on any atom is -0.309 e. The highest BCUT2D eigenvalue weighted by atomic mass is 79.9. The Labute approximate surface area is 130 Å². The molecule has 0 aliphatic heterocycles. The Kier molecular flexibility index (Phi) is 5.81. The zero-order chi connectivity index (χ0) is 14.4. The molecule has 2 unspecified atom stereocenters. The van der Waals surface area contributed by atoms with Gasteiger partial charge in [-0.2, -0.15) is 0 Å². The van der Waals surface area contributed by atoms with Crippen LogP contribution in [0.3, 0.4) is 0 Å². The molecule has 2 heteroatoms. The Bertz CT molecular complexity index is 507. The standard InChI is InChI=1S/C18H22BrN/c1-3-18(16-9-11-17(19)12-10-16)20-13-14(2)15-7-5-4-6-8-15/h4-12,14,18,20H,3,13H2,1-2H3. The van der Waals surface area contributed by atoms with Crippen LogP contribution in [0, 0.1) is 0 Å². The van der Waals surface area contributed by atoms with E-state index < -0.39 is 0 Å². The summed E-state index contributed by atoms with van der Waals surface area (Å²) in [5.74, 6) is 0.528. The molecule has 0 saturated heterocycles. The fourth-order valence-electron chi connectivity index (χ4n) is 2.41. The van der Waals surface area contributed by atoms with Crippen molar-refractivity contribution >= 4 is 15.9 Å². The van der Waals surface area contributed by atoms with Gasteiger partial charge in [-0.1, -0.05) is 72.2 Å². The van der Waals surface area contributed by atoms with E-state index in [0.717, 1.165) is 17.4 Å². The molecule has 0 amide bonds. The van der Waals surface area contributed by atoms with E-state index in [-0.39, 0.29) is 0 Å². The molecular formula is C18H22BrN. The lowest BCUT2D eigenvalue weighted by atomic mass is 9.99. The second kappa shape index (κ2) is 7.61. The molecule has 2 aromatic carbocycles. The monoisotopic (exact) mass is 331 g/mol. The molecule has 0 aliphatic rings. The Morgan fingerprint density at radius 2 is 1.60 bits per heavy atom. The van der Waals surface area contributed by atoms with Gasteiger partial charge in [0.25, 0.3) is 0 Å². The molecule has 0 bridgehead atoms. The average Bonchev–Trinajstić information content (AvgIpc) is 2.50. The average molecular weight is 332 g/mol. The van der Waals surface area contributed by atoms with Crippen LogP contribution >= 0.6 is 15.9 Å². The van der Waals surface area contributed by atoms with Crippen LogP contribution in [-0.4, -0.2) is 6.54 Å². The van der Waals surface area contributed by atoms with Crippen molar-refractivity contribution in [2.24, 2.45) is 0 Å². The van der Waals surface area contributed by atoms with Crippen LogP contribution in [0.4, 0.5) is 0 Å². The molecule has 0 aromatic heterocycles. The molecule has 0 aliphatic carbocycles. The van der Waals surface area contributed by atoms with E-state index in [1.54, 1.807) is 0 Å². The van der Waals surface area contributed by atoms with Gasteiger partial charge in [0, 0.05) is 17.1 Å². The molecule has 0 saturated carbocycles. The van der Waals surface area contributed by atoms with Crippen molar-refractivity contribution in [2.75, 3.05) is 6.54 Å². The maximum atomic E-state index is 3.69. The Balaban J connectivity index is 1.95. The Morgan fingerprint density at radius 1 is 0.950 bits per heavy atom. The van der Waals surface area contributed by atoms with E-state index in [2.05, 4.69) is 89.7 Å². The minimum atomic E-state index is 0.425. The highest BCUT2D eigenvalue weighted by Crippen LogP contribution is 2.21. The zero-order valence-corrected chi connectivity index (χ0v) is 13.7. The predicted molar refractivity (Wildman–Crippen MR) is 90.0 cm³/mol. The van der Waals surface area contributed by atoms with Crippen LogP contribution in [0.25, 0.3) is 0 Å². The first-order chi connectivity index (χ1) is 9.70. The van der Waals surface area contributed by atoms with Crippen LogP contribution in [0.2, 0.25) is 0 Å². The van der Waals surface area contributed by atoms with E-state index in [1.807, 2.05) is 0 Å². The predicted octanol–water partition coefficient (Wildman–Crippen LogP) is 5.29. The molecule has 1 nitrogen and oxygen atoms in total. The number of rotatable bonds is 6. The van der Waals surface area contributed by atoms with Gasteiger partial charge in [0.2, 0.25) is 0 Å². The number of benzene rings is 2. The third kappa shape index (κ3) is 4.19. The SMILES string of the molecule is CCC(NCC(C)c1ccccc1)c1ccc(Br)cc1. The molecule has 2 aromatic rings. The van der Waals surface area contributed by atoms with Gasteiger partial charge >= 0.3 is 0 Å². The molecule has 2 atom stereocenters. The van der Waals surface area contributed by atoms with Crippen LogP contribution in [-0.2, 0) is 0 Å². The summed E-state index contributed by atoms with van der Waals surface area (Å²) >= 11 is 3.49. The second-order valence-corrected chi connectivity index (χ2v) is 6.15. The van der Waals surface area contributed by atoms with Crippen LogP contribution < -0.4 is 5.32 Å². The van der Waals surface area contributed by atoms with Crippen molar-refractivity contribution in [3.05, 3.63) is 70.2 Å². The first-order valence-electron chi connectivity index (χ1n) is 7.24. The summed E-state index contributed by atoms with van der Waals surface area (Å²) in [7, 11) is 0. The van der Waals surface area contributed by atoms with E-state index >= 15 is 0 Å². The van der Waals surface area contributed by atoms with Gasteiger partial charge in [0.15, 0.2) is 0 Å². The summed E-state index contributed by atoms with van der Waals surface area (Å²) in [5.41, 5.74) is 2.75. The summed E-state index contributed by atoms with van der Waals surface area (Å²) < 4.78 is 1.13. The molecule has 0 spiro atoms. The third-order valence-corrected chi connectivity index (χ3v) is 4.25. The van der Waals surface area contributed by atoms with Gasteiger partial charge in [-0.3, -0.25) is 0 Å². The summed E-state index contributed by atoms with van der Waals surface area (Å²) in [4.78, 5) is 0. The Hall–Kier alpha value is -1.12. The van der Waals surface area contributed by atoms with Crippen molar-refractivity contribution in [3.63, 3.8) is 0 Å². The number of hydrogen-bond donors (Lipinski definition) is 1. The highest BCUT2D eigenvalue weighted by molar-refractivity contribution is 9.10. The lowest BCUT2D eigenvalue weighted by molar-refractivity contribution is 0.495. The smallest absolute Gasteiger partial charge is 0.0317 e. The molecule has 2 rings (SSSR count). The summed E-state index contributed by atoms with van der Waals surface area (Å²) in [6.45, 7) is 5.50. The zero-order valence-electron chi connectivity index (χ0n) is 12.1. The second-order valence-electron chi connectivity index (χ2n) is 5.23. The highest BCUT2D eigenvalue weighted by Gasteiger charge is 2.11. The molecule has 0 fully saturated rings. The normalized spacial score (nSPS) is 13.9. The molecule has 0 radical (unpaired) electrons. The van der Waals surface area contributed by atoms with Gasteiger partial charge < -0.3 is 5.32 Å². The number of nitrogens with one attached hydrogen (secondary N) is 1. The number of hydrogen-bond acceptors (Lipinski definition) is 1. The third-order valence-electron chi connectivity index (χ3n) is 3.72. The largest absolute Gasteiger partial charge is 0.309 e. The van der Waals surface area contributed by atoms with Crippen LogP contribution in [0.5, 0.6) is 0 Å². The van der Waals surface area contributed by atoms with Crippen molar-refractivity contribution in [1.29, 1.82) is 0 Å². The van der Waals surface area contributed by atoms with E-state index in [9.17, 15) is 0 Å². The fraction of sp³-hybridized carbons (Fsp3) is 0.333. The Morgan fingerprint density at radius 3 is 2.20 bits per heavy atom. The van der Waals surface area contributed by atoms with Crippen LogP contribution in [0.1, 0.15) is 43.4 Å². The van der Waals surface area contributed by atoms with Gasteiger partial charge in [-0.05, 0) is 35.6 Å². The topological polar surface area (TPSA) is 12.0 Å². The molecule has 1 N–H and O–H groups in total. The fourth-order valence-corrected chi connectivity index (χ4v) is 2.68. The lowest BCUT2D eigenvalue weighted by Gasteiger charge is -2.21. The van der Waals surface area contributed by atoms with Crippen molar-refractivity contribution in [1.82, 2.24) is 5.32 Å². The van der Waals surface area contributed by atoms with Crippen LogP contribution in [0.15, 0.2) is 59.1 Å². The molecule has 106 valence electrons. The van der Waals surface area contributed by atoms with Gasteiger partial charge in [-0.25, -0.2) is 0 Å². The van der Waals surface area contributed by atoms with Gasteiger partial charge in [0.05, 0.1) is 0 Å². The van der Waals surface area contributed by atoms with Crippen molar-refractivity contribution in [3.8, 4) is 0 Å². The number of halogens is 1. The molecule has 20 heavy (non-hydrogen) atoms. The lowest BCUT2D eigenvalue weighted by Crippen LogP contribution is -2.25. The molecule has 0 heterocycles. The molecular weight excluding hydrogens is 310 g/mol. The summed E-state index contributed by atoms with van der Waals surface area (Å²) in [5, 5.41) is 3.69. The maximum Gasteiger partial charge on any atom is 0.0317 e.